The molecule has 0 spiro atoms. The van der Waals surface area contributed by atoms with Gasteiger partial charge < -0.3 is 4.90 Å². The third-order valence-corrected chi connectivity index (χ3v) is 8.11. The Bertz CT molecular complexity index is 1030. The highest BCUT2D eigenvalue weighted by atomic mass is 32.2. The summed E-state index contributed by atoms with van der Waals surface area (Å²) in [5.41, 5.74) is 5.93. The van der Waals surface area contributed by atoms with Crippen LogP contribution < -0.4 is 4.90 Å². The van der Waals surface area contributed by atoms with Crippen LogP contribution in [0.3, 0.4) is 0 Å². The van der Waals surface area contributed by atoms with Crippen LogP contribution >= 0.6 is 11.5 Å². The smallest absolute Gasteiger partial charge is 0.205 e. The van der Waals surface area contributed by atoms with Crippen molar-refractivity contribution in [3.05, 3.63) is 70.0 Å². The number of piperazine rings is 1. The van der Waals surface area contributed by atoms with Crippen molar-refractivity contribution >= 4 is 27.6 Å². The standard InChI is InChI=1S/C23H28N4OS2/c1-16-5-7-20(8-6-16)15-21-24-23(29-25-21)26-9-11-27(12-10-26)30(28)22-18(3)13-17(2)14-19(22)4/h5-8,13-14H,9-12,15H2,1-4H3. The molecule has 1 aromatic heterocycles. The molecular weight excluding hydrogens is 412 g/mol. The number of hydrogen-bond acceptors (Lipinski definition) is 5. The van der Waals surface area contributed by atoms with Crippen LogP contribution in [0.5, 0.6) is 0 Å². The third kappa shape index (κ3) is 4.63. The molecule has 3 aromatic rings. The number of benzene rings is 2. The Morgan fingerprint density at radius 3 is 2.20 bits per heavy atom. The molecule has 0 saturated carbocycles. The average molecular weight is 441 g/mol. The molecule has 0 N–H and O–H groups in total. The number of hydrogen-bond donors (Lipinski definition) is 0. The van der Waals surface area contributed by atoms with Crippen molar-refractivity contribution in [3.63, 3.8) is 0 Å². The fourth-order valence-electron chi connectivity index (χ4n) is 3.95. The molecule has 0 amide bonds. The van der Waals surface area contributed by atoms with Crippen LogP contribution in [0, 0.1) is 27.7 Å². The Hall–Kier alpha value is -2.09. The second-order valence-electron chi connectivity index (χ2n) is 8.05. The molecule has 0 radical (unpaired) electrons. The lowest BCUT2D eigenvalue weighted by atomic mass is 10.1. The van der Waals surface area contributed by atoms with Crippen molar-refractivity contribution in [2.45, 2.75) is 39.0 Å². The van der Waals surface area contributed by atoms with Gasteiger partial charge in [0.05, 0.1) is 4.90 Å². The van der Waals surface area contributed by atoms with Crippen LogP contribution in [0.15, 0.2) is 41.3 Å². The van der Waals surface area contributed by atoms with Crippen molar-refractivity contribution in [3.8, 4) is 0 Å². The topological polar surface area (TPSA) is 49.3 Å². The van der Waals surface area contributed by atoms with Gasteiger partial charge in [-0.05, 0) is 44.4 Å². The van der Waals surface area contributed by atoms with E-state index >= 15 is 0 Å². The third-order valence-electron chi connectivity index (χ3n) is 5.46. The molecular formula is C23H28N4OS2. The lowest BCUT2D eigenvalue weighted by molar-refractivity contribution is 0.409. The Kier molecular flexibility index (Phi) is 6.32. The highest BCUT2D eigenvalue weighted by Crippen LogP contribution is 2.25. The Labute approximate surface area is 185 Å². The van der Waals surface area contributed by atoms with Gasteiger partial charge in [0.2, 0.25) is 5.13 Å². The van der Waals surface area contributed by atoms with Gasteiger partial charge in [0.25, 0.3) is 0 Å². The summed E-state index contributed by atoms with van der Waals surface area (Å²) in [6.07, 6.45) is 0.757. The van der Waals surface area contributed by atoms with E-state index in [-0.39, 0.29) is 0 Å². The van der Waals surface area contributed by atoms with Gasteiger partial charge in [-0.25, -0.2) is 13.5 Å². The SMILES string of the molecule is Cc1ccc(Cc2nsc(N3CCN(S(=O)c4c(C)cc(C)cc4C)CC3)n2)cc1. The lowest BCUT2D eigenvalue weighted by Gasteiger charge is -2.33. The van der Waals surface area contributed by atoms with Gasteiger partial charge >= 0.3 is 0 Å². The first-order valence-corrected chi connectivity index (χ1v) is 12.2. The van der Waals surface area contributed by atoms with E-state index in [4.69, 9.17) is 4.98 Å². The second-order valence-corrected chi connectivity index (χ2v) is 10.2. The maximum Gasteiger partial charge on any atom is 0.205 e. The van der Waals surface area contributed by atoms with Crippen molar-refractivity contribution in [2.75, 3.05) is 31.1 Å². The van der Waals surface area contributed by atoms with Crippen LogP contribution in [0.4, 0.5) is 5.13 Å². The van der Waals surface area contributed by atoms with Gasteiger partial charge in [0.1, 0.15) is 16.8 Å². The van der Waals surface area contributed by atoms with Crippen molar-refractivity contribution in [2.24, 2.45) is 0 Å². The van der Waals surface area contributed by atoms with Gasteiger partial charge in [-0.3, -0.25) is 0 Å². The van der Waals surface area contributed by atoms with E-state index in [1.54, 1.807) is 0 Å². The van der Waals surface area contributed by atoms with E-state index in [0.29, 0.717) is 0 Å². The molecule has 1 fully saturated rings. The molecule has 1 aliphatic heterocycles. The van der Waals surface area contributed by atoms with Gasteiger partial charge in [-0.1, -0.05) is 47.5 Å². The first kappa shape index (κ1) is 21.2. The van der Waals surface area contributed by atoms with Crippen LogP contribution in [0.25, 0.3) is 0 Å². The highest BCUT2D eigenvalue weighted by Gasteiger charge is 2.26. The van der Waals surface area contributed by atoms with Crippen LogP contribution in [-0.4, -0.2) is 44.1 Å². The molecule has 1 unspecified atom stereocenters. The molecule has 1 saturated heterocycles. The number of aryl methyl sites for hydroxylation is 4. The summed E-state index contributed by atoms with van der Waals surface area (Å²) in [5.74, 6) is 0.871. The molecule has 0 bridgehead atoms. The minimum Gasteiger partial charge on any atom is -0.344 e. The summed E-state index contributed by atoms with van der Waals surface area (Å²) < 4.78 is 19.9. The second kappa shape index (κ2) is 8.96. The maximum absolute atomic E-state index is 13.2. The zero-order chi connectivity index (χ0) is 21.3. The van der Waals surface area contributed by atoms with Gasteiger partial charge in [-0.2, -0.15) is 4.37 Å². The van der Waals surface area contributed by atoms with E-state index in [9.17, 15) is 4.21 Å². The quantitative estimate of drug-likeness (QED) is 0.596. The molecule has 2 aromatic carbocycles. The van der Waals surface area contributed by atoms with Crippen LogP contribution in [0.2, 0.25) is 0 Å². The van der Waals surface area contributed by atoms with Crippen molar-refractivity contribution in [1.29, 1.82) is 0 Å². The van der Waals surface area contributed by atoms with E-state index in [2.05, 4.69) is 77.7 Å². The van der Waals surface area contributed by atoms with Crippen molar-refractivity contribution in [1.82, 2.24) is 13.7 Å². The Balaban J connectivity index is 1.38. The molecule has 4 rings (SSSR count). The molecule has 30 heavy (non-hydrogen) atoms. The fraction of sp³-hybridized carbons (Fsp3) is 0.391. The van der Waals surface area contributed by atoms with Crippen molar-refractivity contribution < 1.29 is 4.21 Å². The average Bonchev–Trinajstić information content (AvgIpc) is 3.17. The molecule has 5 nitrogen and oxygen atoms in total. The fourth-order valence-corrected chi connectivity index (χ4v) is 6.11. The number of nitrogens with zero attached hydrogens (tertiary/aromatic N) is 4. The zero-order valence-corrected chi connectivity index (χ0v) is 19.6. The molecule has 158 valence electrons. The monoisotopic (exact) mass is 440 g/mol. The van der Waals surface area contributed by atoms with Gasteiger partial charge in [-0.15, -0.1) is 0 Å². The maximum atomic E-state index is 13.2. The predicted molar refractivity (Wildman–Crippen MR) is 125 cm³/mol. The van der Waals surface area contributed by atoms with E-state index in [0.717, 1.165) is 59.6 Å². The van der Waals surface area contributed by atoms with E-state index < -0.39 is 11.0 Å². The molecule has 0 aliphatic carbocycles. The van der Waals surface area contributed by atoms with Crippen LogP contribution in [0.1, 0.15) is 33.6 Å². The minimum absolute atomic E-state index is 0.756. The Morgan fingerprint density at radius 1 is 0.933 bits per heavy atom. The number of rotatable bonds is 5. The lowest BCUT2D eigenvalue weighted by Crippen LogP contribution is -2.47. The first-order chi connectivity index (χ1) is 14.4. The summed E-state index contributed by atoms with van der Waals surface area (Å²) in [5, 5.41) is 0.963. The largest absolute Gasteiger partial charge is 0.344 e. The number of aromatic nitrogens is 2. The van der Waals surface area contributed by atoms with Gasteiger partial charge in [0.15, 0.2) is 0 Å². The summed E-state index contributed by atoms with van der Waals surface area (Å²) in [6, 6.07) is 12.8. The summed E-state index contributed by atoms with van der Waals surface area (Å²) in [6.45, 7) is 11.4. The molecule has 1 atom stereocenters. The molecule has 7 heteroatoms. The summed E-state index contributed by atoms with van der Waals surface area (Å²) in [4.78, 5) is 7.98. The van der Waals surface area contributed by atoms with E-state index in [1.807, 2.05) is 0 Å². The zero-order valence-electron chi connectivity index (χ0n) is 18.0. The summed E-state index contributed by atoms with van der Waals surface area (Å²) in [7, 11) is -1.12. The van der Waals surface area contributed by atoms with E-state index in [1.165, 1.54) is 28.2 Å². The summed E-state index contributed by atoms with van der Waals surface area (Å²) >= 11 is 1.46. The minimum atomic E-state index is -1.12. The normalized spacial score (nSPS) is 16.1. The highest BCUT2D eigenvalue weighted by molar-refractivity contribution is 7.82. The Morgan fingerprint density at radius 2 is 1.57 bits per heavy atom. The first-order valence-electron chi connectivity index (χ1n) is 10.3. The van der Waals surface area contributed by atoms with Gasteiger partial charge in [0, 0.05) is 44.1 Å². The molecule has 2 heterocycles. The molecule has 1 aliphatic rings. The van der Waals surface area contributed by atoms with Crippen LogP contribution in [-0.2, 0) is 17.4 Å². The predicted octanol–water partition coefficient (Wildman–Crippen LogP) is 4.21. The number of anilines is 1.